The Hall–Kier alpha value is -2.21. The number of carbonyl (C=O) groups excluding carboxylic acids is 1. The third-order valence-electron chi connectivity index (χ3n) is 3.36. The molecule has 2 aromatic rings. The van der Waals surface area contributed by atoms with Gasteiger partial charge in [0.25, 0.3) is 0 Å². The van der Waals surface area contributed by atoms with Gasteiger partial charge in [0.05, 0.1) is 17.1 Å². The summed E-state index contributed by atoms with van der Waals surface area (Å²) in [5, 5.41) is 2.64. The Labute approximate surface area is 121 Å². The maximum atomic E-state index is 13.6. The smallest absolute Gasteiger partial charge is 0.228 e. The lowest BCUT2D eigenvalue weighted by Gasteiger charge is -2.07. The number of benzene rings is 2. The second kappa shape index (κ2) is 4.96. The van der Waals surface area contributed by atoms with Crippen LogP contribution in [0.15, 0.2) is 47.4 Å². The molecule has 0 aliphatic carbocycles. The first-order chi connectivity index (χ1) is 9.95. The van der Waals surface area contributed by atoms with Gasteiger partial charge in [-0.1, -0.05) is 18.2 Å². The van der Waals surface area contributed by atoms with E-state index in [-0.39, 0.29) is 22.8 Å². The highest BCUT2D eigenvalue weighted by Gasteiger charge is 2.22. The van der Waals surface area contributed by atoms with E-state index in [2.05, 4.69) is 5.32 Å². The average Bonchev–Trinajstić information content (AvgIpc) is 2.80. The SMILES string of the molecule is O=C1Cc2cc(S(=O)(=O)Cc3ccccc3F)ccc2N1. The van der Waals surface area contributed by atoms with Crippen molar-refractivity contribution >= 4 is 21.4 Å². The van der Waals surface area contributed by atoms with Crippen LogP contribution in [0, 0.1) is 5.82 Å². The van der Waals surface area contributed by atoms with E-state index in [1.54, 1.807) is 12.1 Å². The van der Waals surface area contributed by atoms with E-state index >= 15 is 0 Å². The number of carbonyl (C=O) groups is 1. The number of rotatable bonds is 3. The lowest BCUT2D eigenvalue weighted by Crippen LogP contribution is -2.06. The van der Waals surface area contributed by atoms with Crippen molar-refractivity contribution in [2.24, 2.45) is 0 Å². The van der Waals surface area contributed by atoms with Crippen molar-refractivity contribution in [2.75, 3.05) is 5.32 Å². The molecule has 3 rings (SSSR count). The lowest BCUT2D eigenvalue weighted by molar-refractivity contribution is -0.115. The van der Waals surface area contributed by atoms with Crippen LogP contribution < -0.4 is 5.32 Å². The number of hydrogen-bond acceptors (Lipinski definition) is 3. The number of hydrogen-bond donors (Lipinski definition) is 1. The van der Waals surface area contributed by atoms with Gasteiger partial charge >= 0.3 is 0 Å². The summed E-state index contributed by atoms with van der Waals surface area (Å²) in [7, 11) is -3.65. The maximum Gasteiger partial charge on any atom is 0.228 e. The first-order valence-corrected chi connectivity index (χ1v) is 8.00. The van der Waals surface area contributed by atoms with Crippen molar-refractivity contribution < 1.29 is 17.6 Å². The minimum Gasteiger partial charge on any atom is -0.326 e. The number of amides is 1. The monoisotopic (exact) mass is 305 g/mol. The predicted octanol–water partition coefficient (Wildman–Crippen LogP) is 2.29. The van der Waals surface area contributed by atoms with Gasteiger partial charge in [0.2, 0.25) is 5.91 Å². The van der Waals surface area contributed by atoms with Crippen LogP contribution in [-0.2, 0) is 26.8 Å². The molecule has 1 aliphatic rings. The van der Waals surface area contributed by atoms with E-state index in [4.69, 9.17) is 0 Å². The quantitative estimate of drug-likeness (QED) is 0.946. The van der Waals surface area contributed by atoms with Crippen LogP contribution in [0.2, 0.25) is 0 Å². The summed E-state index contributed by atoms with van der Waals surface area (Å²) in [5.74, 6) is -1.10. The van der Waals surface area contributed by atoms with Crippen LogP contribution in [0.25, 0.3) is 0 Å². The van der Waals surface area contributed by atoms with E-state index in [1.807, 2.05) is 0 Å². The second-order valence-electron chi connectivity index (χ2n) is 4.89. The third-order valence-corrected chi connectivity index (χ3v) is 5.03. The molecule has 1 N–H and O–H groups in total. The van der Waals surface area contributed by atoms with Crippen molar-refractivity contribution in [1.82, 2.24) is 0 Å². The van der Waals surface area contributed by atoms with Crippen LogP contribution in [0.4, 0.5) is 10.1 Å². The molecule has 21 heavy (non-hydrogen) atoms. The molecule has 0 fully saturated rings. The van der Waals surface area contributed by atoms with Gasteiger partial charge in [-0.15, -0.1) is 0 Å². The van der Waals surface area contributed by atoms with Crippen LogP contribution >= 0.6 is 0 Å². The second-order valence-corrected chi connectivity index (χ2v) is 6.88. The topological polar surface area (TPSA) is 63.2 Å². The van der Waals surface area contributed by atoms with E-state index in [1.165, 1.54) is 30.3 Å². The molecule has 4 nitrogen and oxygen atoms in total. The standard InChI is InChI=1S/C15H12FNO3S/c16-13-4-2-1-3-10(13)9-21(19,20)12-5-6-14-11(7-12)8-15(18)17-14/h1-7H,8-9H2,(H,17,18). The zero-order chi connectivity index (χ0) is 15.0. The van der Waals surface area contributed by atoms with Crippen molar-refractivity contribution in [1.29, 1.82) is 0 Å². The minimum atomic E-state index is -3.65. The average molecular weight is 305 g/mol. The summed E-state index contributed by atoms with van der Waals surface area (Å²) in [5.41, 5.74) is 1.41. The maximum absolute atomic E-state index is 13.6. The van der Waals surface area contributed by atoms with Gasteiger partial charge < -0.3 is 5.32 Å². The van der Waals surface area contributed by atoms with E-state index in [9.17, 15) is 17.6 Å². The Bertz CT molecular complexity index is 831. The first kappa shape index (κ1) is 13.8. The molecule has 6 heteroatoms. The summed E-state index contributed by atoms with van der Waals surface area (Å²) in [6.45, 7) is 0. The highest BCUT2D eigenvalue weighted by Crippen LogP contribution is 2.27. The molecule has 0 spiro atoms. The van der Waals surface area contributed by atoms with Gasteiger partial charge in [-0.3, -0.25) is 4.79 Å². The number of fused-ring (bicyclic) bond motifs is 1. The molecule has 0 unspecified atom stereocenters. The van der Waals surface area contributed by atoms with Crippen LogP contribution in [0.1, 0.15) is 11.1 Å². The Kier molecular flexibility index (Phi) is 3.25. The molecule has 0 bridgehead atoms. The van der Waals surface area contributed by atoms with E-state index in [0.717, 1.165) is 0 Å². The summed E-state index contributed by atoms with van der Waals surface area (Å²) in [6, 6.07) is 10.3. The summed E-state index contributed by atoms with van der Waals surface area (Å²) < 4.78 is 38.3. The molecule has 1 heterocycles. The van der Waals surface area contributed by atoms with Crippen molar-refractivity contribution in [3.8, 4) is 0 Å². The Morgan fingerprint density at radius 3 is 2.67 bits per heavy atom. The number of anilines is 1. The molecule has 0 atom stereocenters. The van der Waals surface area contributed by atoms with Gasteiger partial charge in [-0.25, -0.2) is 12.8 Å². The zero-order valence-corrected chi connectivity index (χ0v) is 11.8. The van der Waals surface area contributed by atoms with E-state index in [0.29, 0.717) is 11.3 Å². The molecule has 0 saturated carbocycles. The van der Waals surface area contributed by atoms with E-state index < -0.39 is 21.4 Å². The lowest BCUT2D eigenvalue weighted by atomic mass is 10.2. The highest BCUT2D eigenvalue weighted by atomic mass is 32.2. The van der Waals surface area contributed by atoms with Gasteiger partial charge in [0.15, 0.2) is 9.84 Å². The Balaban J connectivity index is 1.95. The molecule has 2 aromatic carbocycles. The zero-order valence-electron chi connectivity index (χ0n) is 11.0. The molecule has 0 saturated heterocycles. The van der Waals surface area contributed by atoms with Gasteiger partial charge in [0, 0.05) is 11.3 Å². The molecule has 108 valence electrons. The molecule has 0 radical (unpaired) electrons. The highest BCUT2D eigenvalue weighted by molar-refractivity contribution is 7.90. The van der Waals surface area contributed by atoms with Crippen LogP contribution in [0.3, 0.4) is 0 Å². The van der Waals surface area contributed by atoms with Crippen LogP contribution in [0.5, 0.6) is 0 Å². The van der Waals surface area contributed by atoms with Gasteiger partial charge in [-0.2, -0.15) is 0 Å². The summed E-state index contributed by atoms with van der Waals surface area (Å²) in [4.78, 5) is 11.4. The summed E-state index contributed by atoms with van der Waals surface area (Å²) in [6.07, 6.45) is 0.165. The molecular weight excluding hydrogens is 293 g/mol. The molecule has 1 aliphatic heterocycles. The number of halogens is 1. The minimum absolute atomic E-state index is 0.0982. The molecule has 0 aromatic heterocycles. The predicted molar refractivity (Wildman–Crippen MR) is 76.1 cm³/mol. The third kappa shape index (κ3) is 2.67. The van der Waals surface area contributed by atoms with Crippen molar-refractivity contribution in [2.45, 2.75) is 17.1 Å². The fourth-order valence-electron chi connectivity index (χ4n) is 2.30. The first-order valence-electron chi connectivity index (χ1n) is 6.35. The normalized spacial score (nSPS) is 13.9. The van der Waals surface area contributed by atoms with Crippen LogP contribution in [-0.4, -0.2) is 14.3 Å². The number of sulfone groups is 1. The van der Waals surface area contributed by atoms with Crippen molar-refractivity contribution in [3.63, 3.8) is 0 Å². The Morgan fingerprint density at radius 1 is 1.14 bits per heavy atom. The number of nitrogens with one attached hydrogen (secondary N) is 1. The van der Waals surface area contributed by atoms with Gasteiger partial charge in [0.1, 0.15) is 5.82 Å². The summed E-state index contributed by atoms with van der Waals surface area (Å²) >= 11 is 0. The fraction of sp³-hybridized carbons (Fsp3) is 0.133. The Morgan fingerprint density at radius 2 is 1.90 bits per heavy atom. The molecule has 1 amide bonds. The molecular formula is C15H12FNO3S. The van der Waals surface area contributed by atoms with Crippen molar-refractivity contribution in [3.05, 3.63) is 59.4 Å². The largest absolute Gasteiger partial charge is 0.326 e. The van der Waals surface area contributed by atoms with Gasteiger partial charge in [-0.05, 0) is 29.8 Å². The fourth-order valence-corrected chi connectivity index (χ4v) is 3.71.